The van der Waals surface area contributed by atoms with Crippen LogP contribution in [0.25, 0.3) is 22.5 Å². The van der Waals surface area contributed by atoms with E-state index in [1.54, 1.807) is 7.11 Å². The zero-order valence-corrected chi connectivity index (χ0v) is 10.1. The maximum Gasteiger partial charge on any atom is 0.137 e. The van der Waals surface area contributed by atoms with Crippen LogP contribution in [0.2, 0.25) is 0 Å². The predicted molar refractivity (Wildman–Crippen MR) is 72.6 cm³/mol. The van der Waals surface area contributed by atoms with Gasteiger partial charge in [0.1, 0.15) is 5.75 Å². The Labute approximate surface area is 105 Å². The molecular formula is C15H14N2O. The summed E-state index contributed by atoms with van der Waals surface area (Å²) in [4.78, 5) is 6.42. The number of H-pyrrole nitrogens is 2. The summed E-state index contributed by atoms with van der Waals surface area (Å²) in [6.07, 6.45) is 3.83. The first-order valence-electron chi connectivity index (χ1n) is 5.84. The van der Waals surface area contributed by atoms with Crippen LogP contribution in [0.15, 0.2) is 54.9 Å². The molecule has 18 heavy (non-hydrogen) atoms. The third kappa shape index (κ3) is 1.70. The molecule has 2 aromatic heterocycles. The summed E-state index contributed by atoms with van der Waals surface area (Å²) < 4.78 is 5.58. The first-order valence-corrected chi connectivity index (χ1v) is 5.84. The lowest BCUT2D eigenvalue weighted by Gasteiger charge is -2.11. The zero-order chi connectivity index (χ0) is 12.4. The monoisotopic (exact) mass is 238 g/mol. The van der Waals surface area contributed by atoms with E-state index >= 15 is 0 Å². The minimum atomic E-state index is 0.877. The highest BCUT2D eigenvalue weighted by atomic mass is 16.5. The highest BCUT2D eigenvalue weighted by Crippen LogP contribution is 2.37. The van der Waals surface area contributed by atoms with Crippen molar-refractivity contribution >= 4 is 0 Å². The predicted octanol–water partition coefficient (Wildman–Crippen LogP) is 3.69. The number of para-hydroxylation sites is 1. The molecule has 2 N–H and O–H groups in total. The quantitative estimate of drug-likeness (QED) is 0.718. The van der Waals surface area contributed by atoms with Crippen molar-refractivity contribution in [1.29, 1.82) is 0 Å². The molecule has 0 atom stereocenters. The number of rotatable bonds is 3. The van der Waals surface area contributed by atoms with Crippen LogP contribution in [0.4, 0.5) is 0 Å². The Bertz CT molecular complexity index is 572. The van der Waals surface area contributed by atoms with Gasteiger partial charge in [0.25, 0.3) is 0 Å². The molecular weight excluding hydrogens is 224 g/mol. The molecule has 0 amide bonds. The lowest BCUT2D eigenvalue weighted by atomic mass is 10.0. The molecule has 0 bridgehead atoms. The smallest absolute Gasteiger partial charge is 0.137 e. The number of hydrogen-bond donors (Lipinski definition) is 2. The lowest BCUT2D eigenvalue weighted by Crippen LogP contribution is -1.92. The Hall–Kier alpha value is -2.42. The second kappa shape index (κ2) is 4.45. The fourth-order valence-corrected chi connectivity index (χ4v) is 2.18. The highest BCUT2D eigenvalue weighted by Gasteiger charge is 2.12. The Balaban J connectivity index is 2.20. The molecule has 0 unspecified atom stereocenters. The van der Waals surface area contributed by atoms with Gasteiger partial charge in [0.2, 0.25) is 0 Å². The Morgan fingerprint density at radius 3 is 1.72 bits per heavy atom. The van der Waals surface area contributed by atoms with Crippen LogP contribution in [0.3, 0.4) is 0 Å². The molecule has 0 fully saturated rings. The van der Waals surface area contributed by atoms with Gasteiger partial charge in [0, 0.05) is 34.9 Å². The second-order valence-electron chi connectivity index (χ2n) is 4.05. The number of methoxy groups -OCH3 is 1. The van der Waals surface area contributed by atoms with Crippen LogP contribution < -0.4 is 4.74 Å². The van der Waals surface area contributed by atoms with E-state index in [0.29, 0.717) is 0 Å². The number of ether oxygens (including phenoxy) is 1. The van der Waals surface area contributed by atoms with Gasteiger partial charge in [0.05, 0.1) is 7.11 Å². The van der Waals surface area contributed by atoms with E-state index in [0.717, 1.165) is 28.3 Å². The van der Waals surface area contributed by atoms with Crippen LogP contribution in [0.1, 0.15) is 0 Å². The summed E-state index contributed by atoms with van der Waals surface area (Å²) in [7, 11) is 1.70. The summed E-state index contributed by atoms with van der Waals surface area (Å²) in [5.74, 6) is 0.877. The van der Waals surface area contributed by atoms with Gasteiger partial charge < -0.3 is 14.7 Å². The van der Waals surface area contributed by atoms with E-state index in [4.69, 9.17) is 4.74 Å². The summed E-state index contributed by atoms with van der Waals surface area (Å²) in [6.45, 7) is 0. The summed E-state index contributed by atoms with van der Waals surface area (Å²) in [6, 6.07) is 14.2. The standard InChI is InChI=1S/C15H14N2O/c1-18-15-11(13-7-3-9-16-13)5-2-6-12(15)14-8-4-10-17-14/h2-10,16-17H,1H3. The lowest BCUT2D eigenvalue weighted by molar-refractivity contribution is 0.418. The van der Waals surface area contributed by atoms with Gasteiger partial charge in [-0.3, -0.25) is 0 Å². The van der Waals surface area contributed by atoms with Crippen molar-refractivity contribution < 1.29 is 4.74 Å². The van der Waals surface area contributed by atoms with Crippen LogP contribution in [0.5, 0.6) is 5.75 Å². The van der Waals surface area contributed by atoms with E-state index in [2.05, 4.69) is 22.1 Å². The van der Waals surface area contributed by atoms with E-state index in [9.17, 15) is 0 Å². The van der Waals surface area contributed by atoms with Crippen molar-refractivity contribution in [3.05, 3.63) is 54.9 Å². The average Bonchev–Trinajstić information content (AvgIpc) is 3.10. The van der Waals surface area contributed by atoms with Crippen molar-refractivity contribution in [3.8, 4) is 28.3 Å². The van der Waals surface area contributed by atoms with Gasteiger partial charge in [-0.25, -0.2) is 0 Å². The average molecular weight is 238 g/mol. The molecule has 0 saturated heterocycles. The molecule has 2 heterocycles. The van der Waals surface area contributed by atoms with Gasteiger partial charge in [-0.15, -0.1) is 0 Å². The fourth-order valence-electron chi connectivity index (χ4n) is 2.18. The molecule has 0 saturated carbocycles. The molecule has 3 rings (SSSR count). The van der Waals surface area contributed by atoms with Gasteiger partial charge in [-0.2, -0.15) is 0 Å². The summed E-state index contributed by atoms with van der Waals surface area (Å²) in [5, 5.41) is 0. The first kappa shape index (κ1) is 10.7. The zero-order valence-electron chi connectivity index (χ0n) is 10.1. The van der Waals surface area contributed by atoms with Crippen LogP contribution >= 0.6 is 0 Å². The van der Waals surface area contributed by atoms with Crippen molar-refractivity contribution in [1.82, 2.24) is 9.97 Å². The molecule has 3 aromatic rings. The maximum atomic E-state index is 5.58. The second-order valence-corrected chi connectivity index (χ2v) is 4.05. The number of benzene rings is 1. The van der Waals surface area contributed by atoms with Crippen molar-refractivity contribution in [2.45, 2.75) is 0 Å². The van der Waals surface area contributed by atoms with Gasteiger partial charge in [-0.05, 0) is 36.4 Å². The van der Waals surface area contributed by atoms with Crippen LogP contribution in [-0.4, -0.2) is 17.1 Å². The van der Waals surface area contributed by atoms with E-state index in [1.165, 1.54) is 0 Å². The molecule has 1 aromatic carbocycles. The van der Waals surface area contributed by atoms with E-state index in [1.807, 2.05) is 42.7 Å². The number of aromatic amines is 2. The topological polar surface area (TPSA) is 40.8 Å². The SMILES string of the molecule is COc1c(-c2ccc[nH]2)cccc1-c1ccc[nH]1. The highest BCUT2D eigenvalue weighted by molar-refractivity contribution is 5.79. The van der Waals surface area contributed by atoms with Gasteiger partial charge >= 0.3 is 0 Å². The van der Waals surface area contributed by atoms with Crippen molar-refractivity contribution in [2.75, 3.05) is 7.11 Å². The molecule has 0 radical (unpaired) electrons. The minimum Gasteiger partial charge on any atom is -0.495 e. The Morgan fingerprint density at radius 1 is 0.778 bits per heavy atom. The summed E-state index contributed by atoms with van der Waals surface area (Å²) >= 11 is 0. The molecule has 0 aliphatic heterocycles. The Kier molecular flexibility index (Phi) is 2.65. The molecule has 3 heteroatoms. The third-order valence-corrected chi connectivity index (χ3v) is 3.00. The fraction of sp³-hybridized carbons (Fsp3) is 0.0667. The number of hydrogen-bond acceptors (Lipinski definition) is 1. The number of aromatic nitrogens is 2. The molecule has 0 aliphatic rings. The van der Waals surface area contributed by atoms with Gasteiger partial charge in [-0.1, -0.05) is 6.07 Å². The normalized spacial score (nSPS) is 10.5. The van der Waals surface area contributed by atoms with Crippen LogP contribution in [0, 0.1) is 0 Å². The minimum absolute atomic E-state index is 0.877. The van der Waals surface area contributed by atoms with Crippen molar-refractivity contribution in [2.24, 2.45) is 0 Å². The van der Waals surface area contributed by atoms with Crippen molar-refractivity contribution in [3.63, 3.8) is 0 Å². The Morgan fingerprint density at radius 2 is 1.33 bits per heavy atom. The van der Waals surface area contributed by atoms with E-state index < -0.39 is 0 Å². The maximum absolute atomic E-state index is 5.58. The summed E-state index contributed by atoms with van der Waals surface area (Å²) in [5.41, 5.74) is 4.24. The first-order chi connectivity index (χ1) is 8.90. The van der Waals surface area contributed by atoms with Gasteiger partial charge in [0.15, 0.2) is 0 Å². The molecule has 3 nitrogen and oxygen atoms in total. The third-order valence-electron chi connectivity index (χ3n) is 3.00. The van der Waals surface area contributed by atoms with E-state index in [-0.39, 0.29) is 0 Å². The molecule has 0 aliphatic carbocycles. The molecule has 90 valence electrons. The number of nitrogens with one attached hydrogen (secondary N) is 2. The largest absolute Gasteiger partial charge is 0.495 e. The van der Waals surface area contributed by atoms with Crippen LogP contribution in [-0.2, 0) is 0 Å². The molecule has 0 spiro atoms.